The second-order valence-corrected chi connectivity index (χ2v) is 4.50. The van der Waals surface area contributed by atoms with E-state index in [0.29, 0.717) is 0 Å². The monoisotopic (exact) mass is 203 g/mol. The fraction of sp³-hybridized carbons (Fsp3) is 0.571. The quantitative estimate of drug-likeness (QED) is 0.698. The van der Waals surface area contributed by atoms with Crippen molar-refractivity contribution in [1.29, 1.82) is 0 Å². The summed E-state index contributed by atoms with van der Waals surface area (Å²) in [5, 5.41) is 3.53. The zero-order valence-electron chi connectivity index (χ0n) is 9.63. The summed E-state index contributed by atoms with van der Waals surface area (Å²) in [7, 11) is 0. The van der Waals surface area contributed by atoms with Crippen LogP contribution < -0.4 is 5.32 Å². The van der Waals surface area contributed by atoms with Crippen LogP contribution in [0.15, 0.2) is 24.3 Å². The summed E-state index contributed by atoms with van der Waals surface area (Å²) < 4.78 is 0. The molecule has 1 aliphatic rings. The van der Waals surface area contributed by atoms with Gasteiger partial charge < -0.3 is 5.32 Å². The molecule has 1 aromatic carbocycles. The Morgan fingerprint density at radius 2 is 2.07 bits per heavy atom. The Morgan fingerprint density at radius 3 is 2.80 bits per heavy atom. The molecule has 1 fully saturated rings. The average Bonchev–Trinajstić information content (AvgIpc) is 3.09. The van der Waals surface area contributed by atoms with Crippen molar-refractivity contribution < 1.29 is 0 Å². The number of benzene rings is 1. The van der Waals surface area contributed by atoms with Gasteiger partial charge in [0.1, 0.15) is 0 Å². The number of hydrogen-bond donors (Lipinski definition) is 1. The molecule has 1 aromatic rings. The lowest BCUT2D eigenvalue weighted by Gasteiger charge is -2.09. The van der Waals surface area contributed by atoms with Crippen LogP contribution in [-0.2, 0) is 6.54 Å². The van der Waals surface area contributed by atoms with E-state index in [-0.39, 0.29) is 0 Å². The molecule has 0 saturated heterocycles. The Morgan fingerprint density at radius 1 is 1.27 bits per heavy atom. The highest BCUT2D eigenvalue weighted by Gasteiger charge is 2.25. The van der Waals surface area contributed by atoms with Gasteiger partial charge in [0.25, 0.3) is 0 Å². The third-order valence-electron chi connectivity index (χ3n) is 3.09. The van der Waals surface area contributed by atoms with E-state index in [1.54, 1.807) is 5.56 Å². The fourth-order valence-electron chi connectivity index (χ4n) is 2.01. The van der Waals surface area contributed by atoms with Gasteiger partial charge in [-0.15, -0.1) is 0 Å². The third-order valence-corrected chi connectivity index (χ3v) is 3.09. The molecular formula is C14H21N. The van der Waals surface area contributed by atoms with Gasteiger partial charge in [-0.1, -0.05) is 37.6 Å². The van der Waals surface area contributed by atoms with Crippen LogP contribution in [0, 0.1) is 0 Å². The smallest absolute Gasteiger partial charge is 0.0208 e. The molecule has 15 heavy (non-hydrogen) atoms. The van der Waals surface area contributed by atoms with Crippen LogP contribution in [0.25, 0.3) is 0 Å². The first kappa shape index (κ1) is 10.7. The maximum absolute atomic E-state index is 3.53. The van der Waals surface area contributed by atoms with E-state index in [0.717, 1.165) is 19.0 Å². The summed E-state index contributed by atoms with van der Waals surface area (Å²) in [6, 6.07) is 8.90. The third kappa shape index (κ3) is 3.07. The first-order valence-electron chi connectivity index (χ1n) is 6.20. The molecule has 1 aliphatic carbocycles. The lowest BCUT2D eigenvalue weighted by atomic mass is 10.0. The van der Waals surface area contributed by atoms with Crippen LogP contribution in [-0.4, -0.2) is 6.54 Å². The summed E-state index contributed by atoms with van der Waals surface area (Å²) in [4.78, 5) is 0. The number of rotatable bonds is 6. The summed E-state index contributed by atoms with van der Waals surface area (Å²) >= 11 is 0. The fourth-order valence-corrected chi connectivity index (χ4v) is 2.01. The molecule has 0 aliphatic heterocycles. The predicted octanol–water partition coefficient (Wildman–Crippen LogP) is 3.45. The molecular weight excluding hydrogens is 182 g/mol. The number of hydrogen-bond acceptors (Lipinski definition) is 1. The van der Waals surface area contributed by atoms with Crippen molar-refractivity contribution in [2.75, 3.05) is 6.54 Å². The van der Waals surface area contributed by atoms with Crippen LogP contribution >= 0.6 is 0 Å². The first-order chi connectivity index (χ1) is 7.42. The Labute approximate surface area is 92.9 Å². The average molecular weight is 203 g/mol. The van der Waals surface area contributed by atoms with Crippen LogP contribution in [0.2, 0.25) is 0 Å². The Hall–Kier alpha value is -0.820. The van der Waals surface area contributed by atoms with E-state index in [9.17, 15) is 0 Å². The lowest BCUT2D eigenvalue weighted by Crippen LogP contribution is -2.15. The van der Waals surface area contributed by atoms with E-state index < -0.39 is 0 Å². The molecule has 0 heterocycles. The van der Waals surface area contributed by atoms with Gasteiger partial charge in [-0.25, -0.2) is 0 Å². The highest BCUT2D eigenvalue weighted by molar-refractivity contribution is 5.33. The van der Waals surface area contributed by atoms with E-state index in [4.69, 9.17) is 0 Å². The Kier molecular flexibility index (Phi) is 3.79. The molecule has 0 atom stereocenters. The minimum Gasteiger partial charge on any atom is -0.313 e. The second kappa shape index (κ2) is 5.32. The van der Waals surface area contributed by atoms with Crippen LogP contribution in [0.3, 0.4) is 0 Å². The first-order valence-corrected chi connectivity index (χ1v) is 6.20. The van der Waals surface area contributed by atoms with E-state index >= 15 is 0 Å². The summed E-state index contributed by atoms with van der Waals surface area (Å²) in [5.74, 6) is 0.870. The molecule has 1 heteroatoms. The maximum Gasteiger partial charge on any atom is 0.0208 e. The van der Waals surface area contributed by atoms with Crippen molar-refractivity contribution in [2.45, 2.75) is 45.1 Å². The highest BCUT2D eigenvalue weighted by Crippen LogP contribution is 2.41. The summed E-state index contributed by atoms with van der Waals surface area (Å²) in [5.41, 5.74) is 3.10. The van der Waals surface area contributed by atoms with Crippen molar-refractivity contribution in [3.05, 3.63) is 35.4 Å². The topological polar surface area (TPSA) is 12.0 Å². The van der Waals surface area contributed by atoms with Crippen molar-refractivity contribution in [3.8, 4) is 0 Å². The molecule has 82 valence electrons. The maximum atomic E-state index is 3.53. The molecule has 0 amide bonds. The Balaban J connectivity index is 1.89. The molecule has 1 saturated carbocycles. The van der Waals surface area contributed by atoms with E-state index in [1.807, 2.05) is 0 Å². The minimum absolute atomic E-state index is 0.870. The molecule has 0 bridgehead atoms. The van der Waals surface area contributed by atoms with Gasteiger partial charge in [0.2, 0.25) is 0 Å². The highest BCUT2D eigenvalue weighted by atomic mass is 14.8. The molecule has 1 N–H and O–H groups in total. The van der Waals surface area contributed by atoms with Crippen LogP contribution in [0.4, 0.5) is 0 Å². The molecule has 0 spiro atoms. The normalized spacial score (nSPS) is 15.5. The van der Waals surface area contributed by atoms with Gasteiger partial charge in [0.15, 0.2) is 0 Å². The second-order valence-electron chi connectivity index (χ2n) is 4.50. The van der Waals surface area contributed by atoms with Crippen molar-refractivity contribution in [2.24, 2.45) is 0 Å². The zero-order chi connectivity index (χ0) is 10.5. The van der Waals surface area contributed by atoms with Gasteiger partial charge >= 0.3 is 0 Å². The molecule has 0 aromatic heterocycles. The van der Waals surface area contributed by atoms with Crippen LogP contribution in [0.5, 0.6) is 0 Å². The van der Waals surface area contributed by atoms with Crippen molar-refractivity contribution >= 4 is 0 Å². The van der Waals surface area contributed by atoms with Gasteiger partial charge in [0.05, 0.1) is 0 Å². The summed E-state index contributed by atoms with van der Waals surface area (Å²) in [6.45, 7) is 4.43. The molecule has 1 nitrogen and oxygen atoms in total. The van der Waals surface area contributed by atoms with E-state index in [2.05, 4.69) is 36.5 Å². The van der Waals surface area contributed by atoms with Crippen LogP contribution in [0.1, 0.15) is 49.7 Å². The zero-order valence-corrected chi connectivity index (χ0v) is 9.63. The van der Waals surface area contributed by atoms with Gasteiger partial charge in [-0.05, 0) is 42.9 Å². The molecule has 0 radical (unpaired) electrons. The largest absolute Gasteiger partial charge is 0.313 e. The van der Waals surface area contributed by atoms with Gasteiger partial charge in [0, 0.05) is 6.54 Å². The number of unbranched alkanes of at least 4 members (excludes halogenated alkanes) is 1. The predicted molar refractivity (Wildman–Crippen MR) is 65.0 cm³/mol. The van der Waals surface area contributed by atoms with E-state index in [1.165, 1.54) is 31.2 Å². The van der Waals surface area contributed by atoms with Crippen molar-refractivity contribution in [3.63, 3.8) is 0 Å². The van der Waals surface area contributed by atoms with Crippen molar-refractivity contribution in [1.82, 2.24) is 5.32 Å². The van der Waals surface area contributed by atoms with Gasteiger partial charge in [-0.2, -0.15) is 0 Å². The molecule has 0 unspecified atom stereocenters. The minimum atomic E-state index is 0.870. The standard InChI is InChI=1S/C14H21N/c1-2-3-10-15-11-13-6-4-5-7-14(13)12-8-9-12/h4-7,12,15H,2-3,8-11H2,1H3. The SMILES string of the molecule is CCCCNCc1ccccc1C1CC1. The van der Waals surface area contributed by atoms with Gasteiger partial charge in [-0.3, -0.25) is 0 Å². The lowest BCUT2D eigenvalue weighted by molar-refractivity contribution is 0.638. The number of nitrogens with one attached hydrogen (secondary N) is 1. The summed E-state index contributed by atoms with van der Waals surface area (Å²) in [6.07, 6.45) is 5.35. The molecule has 2 rings (SSSR count). The Bertz CT molecular complexity index is 302.